The second kappa shape index (κ2) is 6.96. The lowest BCUT2D eigenvalue weighted by Crippen LogP contribution is -2.28. The number of thiophene rings is 1. The summed E-state index contributed by atoms with van der Waals surface area (Å²) in [5.74, 6) is 0.971. The number of para-hydroxylation sites is 2. The molecule has 2 aromatic heterocycles. The zero-order valence-electron chi connectivity index (χ0n) is 13.5. The van der Waals surface area contributed by atoms with Crippen molar-refractivity contribution in [2.75, 3.05) is 0 Å². The van der Waals surface area contributed by atoms with Crippen LogP contribution in [0.5, 0.6) is 0 Å². The molecular weight excluding hydrogens is 306 g/mol. The average Bonchev–Trinajstić information content (AvgIpc) is 3.16. The lowest BCUT2D eigenvalue weighted by molar-refractivity contribution is -0.121. The summed E-state index contributed by atoms with van der Waals surface area (Å²) in [4.78, 5) is 18.1. The van der Waals surface area contributed by atoms with E-state index in [1.54, 1.807) is 11.3 Å². The number of carbonyl (C=O) groups is 1. The second-order valence-corrected chi connectivity index (χ2v) is 6.77. The highest BCUT2D eigenvalue weighted by atomic mass is 32.1. The Bertz CT molecular complexity index is 792. The molecule has 1 atom stereocenters. The molecule has 0 saturated carbocycles. The maximum absolute atomic E-state index is 12.1. The predicted octanol–water partition coefficient (Wildman–Crippen LogP) is 3.83. The fourth-order valence-corrected chi connectivity index (χ4v) is 3.56. The van der Waals surface area contributed by atoms with Crippen LogP contribution in [0, 0.1) is 0 Å². The standard InChI is InChI=1S/C18H21N3OS/c1-13(18-20-15-9-3-4-10-16(15)21(18)2)19-17(22)11-5-7-14-8-6-12-23-14/h3-4,6,8-10,12-13H,5,7,11H2,1-2H3,(H,19,22)/t13-/m0/s1. The maximum atomic E-state index is 12.1. The normalized spacial score (nSPS) is 12.4. The van der Waals surface area contributed by atoms with Crippen molar-refractivity contribution in [3.8, 4) is 0 Å². The van der Waals surface area contributed by atoms with Crippen LogP contribution in [0.2, 0.25) is 0 Å². The number of carbonyl (C=O) groups excluding carboxylic acids is 1. The highest BCUT2D eigenvalue weighted by molar-refractivity contribution is 7.09. The van der Waals surface area contributed by atoms with Crippen LogP contribution in [-0.2, 0) is 18.3 Å². The van der Waals surface area contributed by atoms with Crippen LogP contribution < -0.4 is 5.32 Å². The van der Waals surface area contributed by atoms with Gasteiger partial charge >= 0.3 is 0 Å². The van der Waals surface area contributed by atoms with Gasteiger partial charge in [-0.2, -0.15) is 0 Å². The Morgan fingerprint density at radius 2 is 2.13 bits per heavy atom. The van der Waals surface area contributed by atoms with Crippen LogP contribution in [-0.4, -0.2) is 15.5 Å². The fourth-order valence-electron chi connectivity index (χ4n) is 2.81. The maximum Gasteiger partial charge on any atom is 0.220 e. The molecule has 4 nitrogen and oxygen atoms in total. The van der Waals surface area contributed by atoms with Gasteiger partial charge in [0.25, 0.3) is 0 Å². The van der Waals surface area contributed by atoms with Crippen molar-refractivity contribution in [2.45, 2.75) is 32.2 Å². The first kappa shape index (κ1) is 15.7. The SMILES string of the molecule is C[C@H](NC(=O)CCCc1cccs1)c1nc2ccccc2n1C. The number of fused-ring (bicyclic) bond motifs is 1. The molecule has 3 aromatic rings. The van der Waals surface area contributed by atoms with Gasteiger partial charge in [0, 0.05) is 18.3 Å². The fraction of sp³-hybridized carbons (Fsp3) is 0.333. The molecule has 5 heteroatoms. The van der Waals surface area contributed by atoms with E-state index in [-0.39, 0.29) is 11.9 Å². The van der Waals surface area contributed by atoms with E-state index in [9.17, 15) is 4.79 Å². The summed E-state index contributed by atoms with van der Waals surface area (Å²) in [5, 5.41) is 5.13. The van der Waals surface area contributed by atoms with E-state index in [2.05, 4.69) is 21.7 Å². The minimum atomic E-state index is -0.0957. The molecule has 3 rings (SSSR count). The molecule has 0 aliphatic rings. The molecule has 2 heterocycles. The van der Waals surface area contributed by atoms with E-state index >= 15 is 0 Å². The lowest BCUT2D eigenvalue weighted by atomic mass is 10.2. The van der Waals surface area contributed by atoms with Gasteiger partial charge in [0.15, 0.2) is 0 Å². The molecule has 0 bridgehead atoms. The number of imidazole rings is 1. The molecule has 0 saturated heterocycles. The van der Waals surface area contributed by atoms with Gasteiger partial charge in [-0.1, -0.05) is 18.2 Å². The van der Waals surface area contributed by atoms with Crippen LogP contribution in [0.1, 0.15) is 36.5 Å². The molecule has 0 aliphatic carbocycles. The molecule has 1 aromatic carbocycles. The zero-order valence-corrected chi connectivity index (χ0v) is 14.3. The van der Waals surface area contributed by atoms with Crippen molar-refractivity contribution < 1.29 is 4.79 Å². The largest absolute Gasteiger partial charge is 0.346 e. The van der Waals surface area contributed by atoms with E-state index in [1.807, 2.05) is 48.9 Å². The molecule has 23 heavy (non-hydrogen) atoms. The molecule has 120 valence electrons. The minimum absolute atomic E-state index is 0.0844. The molecule has 1 amide bonds. The Kier molecular flexibility index (Phi) is 4.76. The van der Waals surface area contributed by atoms with Crippen LogP contribution >= 0.6 is 11.3 Å². The number of aromatic nitrogens is 2. The number of nitrogens with zero attached hydrogens (tertiary/aromatic N) is 2. The van der Waals surface area contributed by atoms with Crippen LogP contribution in [0.25, 0.3) is 11.0 Å². The van der Waals surface area contributed by atoms with E-state index in [0.29, 0.717) is 6.42 Å². The summed E-state index contributed by atoms with van der Waals surface area (Å²) in [6, 6.07) is 12.1. The van der Waals surface area contributed by atoms with Crippen molar-refractivity contribution in [1.29, 1.82) is 0 Å². The van der Waals surface area contributed by atoms with E-state index in [1.165, 1.54) is 4.88 Å². The van der Waals surface area contributed by atoms with Crippen molar-refractivity contribution >= 4 is 28.3 Å². The summed E-state index contributed by atoms with van der Waals surface area (Å²) in [7, 11) is 1.99. The molecule has 0 radical (unpaired) electrons. The Labute approximate surface area is 140 Å². The third-order valence-corrected chi connectivity index (χ3v) is 4.93. The molecule has 0 aliphatic heterocycles. The van der Waals surface area contributed by atoms with Gasteiger partial charge in [-0.25, -0.2) is 4.98 Å². The van der Waals surface area contributed by atoms with E-state index in [4.69, 9.17) is 0 Å². The van der Waals surface area contributed by atoms with Gasteiger partial charge in [0.2, 0.25) is 5.91 Å². The Hall–Kier alpha value is -2.14. The topological polar surface area (TPSA) is 46.9 Å². The number of rotatable bonds is 6. The molecule has 1 N–H and O–H groups in total. The van der Waals surface area contributed by atoms with Gasteiger partial charge in [-0.15, -0.1) is 11.3 Å². The lowest BCUT2D eigenvalue weighted by Gasteiger charge is -2.13. The Morgan fingerprint density at radius 3 is 2.87 bits per heavy atom. The molecule has 0 unspecified atom stereocenters. The van der Waals surface area contributed by atoms with Gasteiger partial charge in [-0.05, 0) is 43.3 Å². The monoisotopic (exact) mass is 327 g/mol. The summed E-state index contributed by atoms with van der Waals surface area (Å²) in [6.45, 7) is 1.98. The first-order chi connectivity index (χ1) is 11.1. The van der Waals surface area contributed by atoms with Crippen molar-refractivity contribution in [2.24, 2.45) is 7.05 Å². The number of nitrogens with one attached hydrogen (secondary N) is 1. The van der Waals surface area contributed by atoms with Gasteiger partial charge in [0.05, 0.1) is 17.1 Å². The van der Waals surface area contributed by atoms with Gasteiger partial charge in [-0.3, -0.25) is 4.79 Å². The van der Waals surface area contributed by atoms with Gasteiger partial charge in [0.1, 0.15) is 5.82 Å². The molecule has 0 fully saturated rings. The van der Waals surface area contributed by atoms with Crippen molar-refractivity contribution in [3.63, 3.8) is 0 Å². The van der Waals surface area contributed by atoms with Crippen LogP contribution in [0.3, 0.4) is 0 Å². The molecule has 0 spiro atoms. The first-order valence-electron chi connectivity index (χ1n) is 7.88. The number of aryl methyl sites for hydroxylation is 2. The smallest absolute Gasteiger partial charge is 0.220 e. The quantitative estimate of drug-likeness (QED) is 0.748. The summed E-state index contributed by atoms with van der Waals surface area (Å²) in [5.41, 5.74) is 2.05. The summed E-state index contributed by atoms with van der Waals surface area (Å²) in [6.07, 6.45) is 2.39. The zero-order chi connectivity index (χ0) is 16.2. The third-order valence-electron chi connectivity index (χ3n) is 3.99. The highest BCUT2D eigenvalue weighted by Gasteiger charge is 2.16. The van der Waals surface area contributed by atoms with E-state index in [0.717, 1.165) is 29.7 Å². The number of hydrogen-bond acceptors (Lipinski definition) is 3. The van der Waals surface area contributed by atoms with Crippen molar-refractivity contribution in [1.82, 2.24) is 14.9 Å². The Morgan fingerprint density at radius 1 is 1.30 bits per heavy atom. The average molecular weight is 327 g/mol. The first-order valence-corrected chi connectivity index (χ1v) is 8.76. The van der Waals surface area contributed by atoms with Gasteiger partial charge < -0.3 is 9.88 Å². The highest BCUT2D eigenvalue weighted by Crippen LogP contribution is 2.19. The van der Waals surface area contributed by atoms with Crippen LogP contribution in [0.4, 0.5) is 0 Å². The van der Waals surface area contributed by atoms with E-state index < -0.39 is 0 Å². The second-order valence-electron chi connectivity index (χ2n) is 5.74. The predicted molar refractivity (Wildman–Crippen MR) is 94.5 cm³/mol. The third kappa shape index (κ3) is 3.62. The number of amides is 1. The summed E-state index contributed by atoms with van der Waals surface area (Å²) < 4.78 is 2.05. The minimum Gasteiger partial charge on any atom is -0.346 e. The molecular formula is C18H21N3OS. The number of hydrogen-bond donors (Lipinski definition) is 1. The van der Waals surface area contributed by atoms with Crippen molar-refractivity contribution in [3.05, 3.63) is 52.5 Å². The Balaban J connectivity index is 1.58. The number of benzene rings is 1. The van der Waals surface area contributed by atoms with Crippen LogP contribution in [0.15, 0.2) is 41.8 Å². The summed E-state index contributed by atoms with van der Waals surface area (Å²) >= 11 is 1.74.